The number of anilines is 1. The maximum atomic E-state index is 13.0. The Bertz CT molecular complexity index is 1130. The zero-order chi connectivity index (χ0) is 22.0. The van der Waals surface area contributed by atoms with E-state index in [0.29, 0.717) is 16.5 Å². The van der Waals surface area contributed by atoms with E-state index in [1.165, 1.54) is 16.5 Å². The highest BCUT2D eigenvalue weighted by atomic mass is 32.2. The number of benzene rings is 2. The Morgan fingerprint density at radius 1 is 1.06 bits per heavy atom. The molecule has 2 fully saturated rings. The van der Waals surface area contributed by atoms with Gasteiger partial charge in [0.05, 0.1) is 16.3 Å². The maximum absolute atomic E-state index is 13.0. The molecule has 0 aliphatic carbocycles. The monoisotopic (exact) mass is 450 g/mol. The number of carbonyl (C=O) groups is 3. The van der Waals surface area contributed by atoms with Crippen LogP contribution in [0.15, 0.2) is 70.6 Å². The molecule has 4 rings (SSSR count). The summed E-state index contributed by atoms with van der Waals surface area (Å²) >= 11 is 6.27. The first-order valence-corrected chi connectivity index (χ1v) is 10.8. The van der Waals surface area contributed by atoms with Gasteiger partial charge in [0.1, 0.15) is 5.92 Å². The largest absolute Gasteiger partial charge is 0.301 e. The fraction of sp³-hybridized carbons (Fsp3) is 0.136. The number of nitrogens with one attached hydrogen (secondary N) is 2. The van der Waals surface area contributed by atoms with Gasteiger partial charge in [-0.25, -0.2) is 4.99 Å². The summed E-state index contributed by atoms with van der Waals surface area (Å²) in [6.07, 6.45) is 2.29. The van der Waals surface area contributed by atoms with Crippen LogP contribution in [0.1, 0.15) is 12.5 Å². The van der Waals surface area contributed by atoms with Gasteiger partial charge in [0, 0.05) is 0 Å². The zero-order valence-corrected chi connectivity index (χ0v) is 18.1. The first-order chi connectivity index (χ1) is 15.0. The van der Waals surface area contributed by atoms with Gasteiger partial charge in [0.2, 0.25) is 11.8 Å². The smallest absolute Gasteiger partial charge is 0.263 e. The summed E-state index contributed by atoms with van der Waals surface area (Å²) < 4.78 is 0. The van der Waals surface area contributed by atoms with E-state index in [0.717, 1.165) is 18.2 Å². The zero-order valence-electron chi connectivity index (χ0n) is 16.5. The van der Waals surface area contributed by atoms with Crippen LogP contribution in [0.2, 0.25) is 0 Å². The molecular formula is C22H18N4O3S2. The standard InChI is InChI=1S/C22H18N4O3S2/c1-2-13-8-10-14(11-9-13)23-21-24-19(28)17(31-21)12-16-18(27)25-22(30)26(20(16)29)15-6-4-3-5-7-15/h3-12,16H,2H2,1H3,(H,23,24,28)(H,25,27,30)/b17-12-/t16-/m0/s1. The molecule has 2 aliphatic heterocycles. The summed E-state index contributed by atoms with van der Waals surface area (Å²) in [5.74, 6) is -2.66. The van der Waals surface area contributed by atoms with E-state index in [2.05, 4.69) is 22.5 Å². The van der Waals surface area contributed by atoms with Crippen LogP contribution in [0, 0.1) is 5.92 Å². The number of thiocarbonyl (C=S) groups is 1. The molecule has 2 saturated heterocycles. The van der Waals surface area contributed by atoms with Crippen molar-refractivity contribution in [2.24, 2.45) is 10.9 Å². The number of amidine groups is 1. The van der Waals surface area contributed by atoms with E-state index >= 15 is 0 Å². The second-order valence-electron chi connectivity index (χ2n) is 6.81. The Balaban J connectivity index is 1.57. The molecule has 2 aromatic carbocycles. The van der Waals surface area contributed by atoms with Crippen molar-refractivity contribution >= 4 is 63.4 Å². The topological polar surface area (TPSA) is 90.9 Å². The van der Waals surface area contributed by atoms with Crippen molar-refractivity contribution in [3.63, 3.8) is 0 Å². The van der Waals surface area contributed by atoms with Crippen molar-refractivity contribution in [1.29, 1.82) is 0 Å². The number of amides is 3. The van der Waals surface area contributed by atoms with Crippen LogP contribution in [-0.4, -0.2) is 28.0 Å². The lowest BCUT2D eigenvalue weighted by Crippen LogP contribution is -2.57. The molecule has 0 spiro atoms. The molecule has 0 radical (unpaired) electrons. The molecule has 3 amide bonds. The number of thioether (sulfide) groups is 1. The first kappa shape index (κ1) is 21.0. The summed E-state index contributed by atoms with van der Waals surface area (Å²) in [5.41, 5.74) is 2.44. The lowest BCUT2D eigenvalue weighted by molar-refractivity contribution is -0.131. The average Bonchev–Trinajstić information content (AvgIpc) is 3.11. The molecule has 7 nitrogen and oxygen atoms in total. The van der Waals surface area contributed by atoms with E-state index in [1.807, 2.05) is 30.3 Å². The molecule has 31 heavy (non-hydrogen) atoms. The van der Waals surface area contributed by atoms with E-state index < -0.39 is 23.6 Å². The van der Waals surface area contributed by atoms with Crippen LogP contribution >= 0.6 is 24.0 Å². The lowest BCUT2D eigenvalue weighted by Gasteiger charge is -2.31. The van der Waals surface area contributed by atoms with Crippen molar-refractivity contribution in [2.45, 2.75) is 13.3 Å². The molecule has 0 saturated carbocycles. The normalized spacial score (nSPS) is 21.6. The number of para-hydroxylation sites is 1. The third kappa shape index (κ3) is 4.42. The van der Waals surface area contributed by atoms with Gasteiger partial charge in [-0.05, 0) is 66.3 Å². The second-order valence-corrected chi connectivity index (χ2v) is 8.22. The second kappa shape index (κ2) is 8.83. The number of carbonyl (C=O) groups excluding carboxylic acids is 3. The van der Waals surface area contributed by atoms with Gasteiger partial charge in [-0.3, -0.25) is 19.3 Å². The van der Waals surface area contributed by atoms with Gasteiger partial charge in [-0.2, -0.15) is 0 Å². The quantitative estimate of drug-likeness (QED) is 0.425. The van der Waals surface area contributed by atoms with Gasteiger partial charge in [-0.15, -0.1) is 0 Å². The lowest BCUT2D eigenvalue weighted by atomic mass is 10.0. The van der Waals surface area contributed by atoms with E-state index in [9.17, 15) is 14.4 Å². The van der Waals surface area contributed by atoms with Crippen LogP contribution in [0.3, 0.4) is 0 Å². The van der Waals surface area contributed by atoms with Crippen LogP contribution in [-0.2, 0) is 20.8 Å². The molecular weight excluding hydrogens is 432 g/mol. The molecule has 156 valence electrons. The Morgan fingerprint density at radius 2 is 1.77 bits per heavy atom. The minimum absolute atomic E-state index is 0.0113. The SMILES string of the molecule is CCc1ccc(N=C2NC(=O)/C(=C/[C@H]3C(=O)NC(=S)N(c4ccccc4)C3=O)S2)cc1. The predicted molar refractivity (Wildman–Crippen MR) is 125 cm³/mol. The van der Waals surface area contributed by atoms with Gasteiger partial charge in [0.25, 0.3) is 5.91 Å². The first-order valence-electron chi connectivity index (χ1n) is 9.58. The molecule has 2 aliphatic rings. The van der Waals surface area contributed by atoms with Gasteiger partial charge < -0.3 is 10.6 Å². The molecule has 2 aromatic rings. The summed E-state index contributed by atoms with van der Waals surface area (Å²) in [6.45, 7) is 2.07. The Kier molecular flexibility index (Phi) is 5.97. The molecule has 2 N–H and O–H groups in total. The summed E-state index contributed by atoms with van der Waals surface area (Å²) in [4.78, 5) is 43.8. The van der Waals surface area contributed by atoms with Gasteiger partial charge >= 0.3 is 0 Å². The van der Waals surface area contributed by atoms with Crippen molar-refractivity contribution in [3.05, 3.63) is 71.1 Å². The molecule has 1 atom stereocenters. The van der Waals surface area contributed by atoms with Crippen molar-refractivity contribution in [3.8, 4) is 0 Å². The Morgan fingerprint density at radius 3 is 2.45 bits per heavy atom. The third-order valence-corrected chi connectivity index (χ3v) is 5.97. The fourth-order valence-corrected chi connectivity index (χ4v) is 4.28. The maximum Gasteiger partial charge on any atom is 0.263 e. The molecule has 0 unspecified atom stereocenters. The third-order valence-electron chi connectivity index (χ3n) is 4.76. The number of rotatable bonds is 4. The molecule has 0 bridgehead atoms. The number of aryl methyl sites for hydroxylation is 1. The van der Waals surface area contributed by atoms with Crippen LogP contribution in [0.4, 0.5) is 11.4 Å². The number of aliphatic imine (C=N–C) groups is 1. The molecule has 0 aromatic heterocycles. The Labute approximate surface area is 188 Å². The van der Waals surface area contributed by atoms with Crippen molar-refractivity contribution in [1.82, 2.24) is 10.6 Å². The summed E-state index contributed by atoms with van der Waals surface area (Å²) in [7, 11) is 0. The van der Waals surface area contributed by atoms with Crippen molar-refractivity contribution in [2.75, 3.05) is 4.90 Å². The van der Waals surface area contributed by atoms with Gasteiger partial charge in [-0.1, -0.05) is 37.3 Å². The minimum Gasteiger partial charge on any atom is -0.301 e. The van der Waals surface area contributed by atoms with Crippen LogP contribution in [0.25, 0.3) is 0 Å². The summed E-state index contributed by atoms with van der Waals surface area (Å²) in [6, 6.07) is 16.5. The van der Waals surface area contributed by atoms with Crippen molar-refractivity contribution < 1.29 is 14.4 Å². The van der Waals surface area contributed by atoms with Crippen LogP contribution in [0.5, 0.6) is 0 Å². The minimum atomic E-state index is -1.18. The summed E-state index contributed by atoms with van der Waals surface area (Å²) in [5, 5.41) is 5.62. The number of hydrogen-bond acceptors (Lipinski definition) is 6. The van der Waals surface area contributed by atoms with E-state index in [4.69, 9.17) is 12.2 Å². The predicted octanol–water partition coefficient (Wildman–Crippen LogP) is 3.05. The Hall–Kier alpha value is -3.30. The van der Waals surface area contributed by atoms with Crippen LogP contribution < -0.4 is 15.5 Å². The molecule has 2 heterocycles. The highest BCUT2D eigenvalue weighted by molar-refractivity contribution is 8.18. The van der Waals surface area contributed by atoms with E-state index in [-0.39, 0.29) is 10.0 Å². The highest BCUT2D eigenvalue weighted by Crippen LogP contribution is 2.29. The number of hydrogen-bond donors (Lipinski definition) is 2. The molecule has 9 heteroatoms. The number of nitrogens with zero attached hydrogens (tertiary/aromatic N) is 2. The highest BCUT2D eigenvalue weighted by Gasteiger charge is 2.39. The van der Waals surface area contributed by atoms with E-state index in [1.54, 1.807) is 24.3 Å². The average molecular weight is 451 g/mol. The van der Waals surface area contributed by atoms with Gasteiger partial charge in [0.15, 0.2) is 10.3 Å². The fourth-order valence-electron chi connectivity index (χ4n) is 3.13.